The van der Waals surface area contributed by atoms with E-state index in [1.807, 2.05) is 0 Å². The zero-order valence-electron chi connectivity index (χ0n) is 12.6. The number of benzene rings is 1. The van der Waals surface area contributed by atoms with Gasteiger partial charge in [-0.05, 0) is 56.5 Å². The van der Waals surface area contributed by atoms with Crippen molar-refractivity contribution >= 4 is 0 Å². The van der Waals surface area contributed by atoms with Crippen LogP contribution < -0.4 is 10.1 Å². The number of nitrogens with one attached hydrogen (secondary N) is 1. The second-order valence-corrected chi connectivity index (χ2v) is 5.34. The predicted octanol–water partition coefficient (Wildman–Crippen LogP) is 3.88. The average Bonchev–Trinajstić information content (AvgIpc) is 2.28. The van der Waals surface area contributed by atoms with Crippen molar-refractivity contribution in [1.29, 1.82) is 0 Å². The molecule has 0 saturated carbocycles. The number of hydrogen-bond acceptors (Lipinski definition) is 2. The predicted molar refractivity (Wildman–Crippen MR) is 78.5 cm³/mol. The van der Waals surface area contributed by atoms with Crippen molar-refractivity contribution in [2.24, 2.45) is 0 Å². The molecule has 0 aliphatic rings. The van der Waals surface area contributed by atoms with E-state index in [1.54, 1.807) is 0 Å². The van der Waals surface area contributed by atoms with Crippen molar-refractivity contribution in [2.75, 3.05) is 6.54 Å². The lowest BCUT2D eigenvalue weighted by Crippen LogP contribution is -2.38. The topological polar surface area (TPSA) is 21.3 Å². The molecule has 0 bridgehead atoms. The molecule has 18 heavy (non-hydrogen) atoms. The molecule has 0 heterocycles. The van der Waals surface area contributed by atoms with Crippen molar-refractivity contribution in [3.05, 3.63) is 29.3 Å². The van der Waals surface area contributed by atoms with Crippen LogP contribution in [0.1, 0.15) is 51.7 Å². The van der Waals surface area contributed by atoms with E-state index in [9.17, 15) is 0 Å². The molecule has 0 amide bonds. The van der Waals surface area contributed by atoms with Gasteiger partial charge in [-0.1, -0.05) is 26.8 Å². The van der Waals surface area contributed by atoms with Gasteiger partial charge in [-0.3, -0.25) is 0 Å². The van der Waals surface area contributed by atoms with Crippen LogP contribution in [0.5, 0.6) is 5.75 Å². The van der Waals surface area contributed by atoms with Gasteiger partial charge in [-0.15, -0.1) is 0 Å². The van der Waals surface area contributed by atoms with Crippen LogP contribution in [0.25, 0.3) is 0 Å². The van der Waals surface area contributed by atoms with E-state index in [2.05, 4.69) is 65.1 Å². The van der Waals surface area contributed by atoms with Crippen LogP contribution in [0.15, 0.2) is 18.2 Å². The third-order valence-electron chi connectivity index (χ3n) is 3.42. The fourth-order valence-corrected chi connectivity index (χ4v) is 2.17. The van der Waals surface area contributed by atoms with Crippen LogP contribution in [0, 0.1) is 6.92 Å². The van der Waals surface area contributed by atoms with Crippen LogP contribution in [-0.2, 0) is 0 Å². The molecule has 0 aromatic heterocycles. The summed E-state index contributed by atoms with van der Waals surface area (Å²) in [6, 6.07) is 6.77. The summed E-state index contributed by atoms with van der Waals surface area (Å²) in [6.45, 7) is 13.9. The van der Waals surface area contributed by atoms with E-state index in [1.165, 1.54) is 11.1 Å². The van der Waals surface area contributed by atoms with Crippen molar-refractivity contribution in [3.8, 4) is 5.75 Å². The highest BCUT2D eigenvalue weighted by atomic mass is 16.5. The maximum absolute atomic E-state index is 5.98. The molecule has 0 saturated heterocycles. The van der Waals surface area contributed by atoms with Gasteiger partial charge < -0.3 is 10.1 Å². The molecule has 0 aliphatic heterocycles. The fourth-order valence-electron chi connectivity index (χ4n) is 2.17. The smallest absolute Gasteiger partial charge is 0.120 e. The van der Waals surface area contributed by atoms with Crippen LogP contribution in [-0.4, -0.2) is 18.7 Å². The Bertz CT molecular complexity index is 373. The molecule has 2 heteroatoms. The molecule has 0 fully saturated rings. The summed E-state index contributed by atoms with van der Waals surface area (Å²) in [7, 11) is 0. The fraction of sp³-hybridized carbons (Fsp3) is 0.625. The Hall–Kier alpha value is -1.02. The van der Waals surface area contributed by atoms with Crippen molar-refractivity contribution in [3.63, 3.8) is 0 Å². The Morgan fingerprint density at radius 2 is 1.83 bits per heavy atom. The van der Waals surface area contributed by atoms with Gasteiger partial charge in [0.2, 0.25) is 0 Å². The minimum absolute atomic E-state index is 0.175. The summed E-state index contributed by atoms with van der Waals surface area (Å²) in [5, 5.41) is 3.38. The number of hydrogen-bond donors (Lipinski definition) is 1. The Balaban J connectivity index is 2.71. The molecule has 0 aliphatic carbocycles. The number of rotatable bonds is 6. The maximum Gasteiger partial charge on any atom is 0.120 e. The average molecular weight is 249 g/mol. The first-order chi connectivity index (χ1) is 8.45. The lowest BCUT2D eigenvalue weighted by molar-refractivity contribution is 0.179. The Labute approximate surface area is 112 Å². The van der Waals surface area contributed by atoms with Crippen LogP contribution in [0.4, 0.5) is 0 Å². The molecule has 2 atom stereocenters. The molecule has 2 unspecified atom stereocenters. The first-order valence-electron chi connectivity index (χ1n) is 6.96. The molecule has 1 aromatic carbocycles. The molecule has 2 nitrogen and oxygen atoms in total. The maximum atomic E-state index is 5.98. The summed E-state index contributed by atoms with van der Waals surface area (Å²) in [6.07, 6.45) is 0.175. The second kappa shape index (κ2) is 6.79. The number of likely N-dealkylation sites (N-methyl/N-ethyl adjacent to an activating group) is 1. The van der Waals surface area contributed by atoms with Crippen LogP contribution >= 0.6 is 0 Å². The van der Waals surface area contributed by atoms with E-state index in [-0.39, 0.29) is 6.10 Å². The van der Waals surface area contributed by atoms with Gasteiger partial charge in [0.25, 0.3) is 0 Å². The molecule has 0 radical (unpaired) electrons. The summed E-state index contributed by atoms with van der Waals surface area (Å²) < 4.78 is 5.98. The van der Waals surface area contributed by atoms with Crippen molar-refractivity contribution < 1.29 is 4.74 Å². The molecule has 102 valence electrons. The minimum Gasteiger partial charge on any atom is -0.489 e. The second-order valence-electron chi connectivity index (χ2n) is 5.34. The summed E-state index contributed by atoms with van der Waals surface area (Å²) in [4.78, 5) is 0. The summed E-state index contributed by atoms with van der Waals surface area (Å²) in [5.74, 6) is 1.53. The van der Waals surface area contributed by atoms with Crippen molar-refractivity contribution in [1.82, 2.24) is 5.32 Å². The van der Waals surface area contributed by atoms with Gasteiger partial charge >= 0.3 is 0 Å². The van der Waals surface area contributed by atoms with Gasteiger partial charge in [-0.25, -0.2) is 0 Å². The monoisotopic (exact) mass is 249 g/mol. The number of aryl methyl sites for hydroxylation is 1. The van der Waals surface area contributed by atoms with E-state index in [4.69, 9.17) is 4.74 Å². The third-order valence-corrected chi connectivity index (χ3v) is 3.42. The normalized spacial score (nSPS) is 14.6. The highest BCUT2D eigenvalue weighted by Crippen LogP contribution is 2.24. The Morgan fingerprint density at radius 1 is 1.17 bits per heavy atom. The Kier molecular flexibility index (Phi) is 5.67. The molecule has 1 N–H and O–H groups in total. The lowest BCUT2D eigenvalue weighted by Gasteiger charge is -2.23. The molecule has 1 aromatic rings. The zero-order valence-corrected chi connectivity index (χ0v) is 12.6. The summed E-state index contributed by atoms with van der Waals surface area (Å²) >= 11 is 0. The van der Waals surface area contributed by atoms with Gasteiger partial charge in [0, 0.05) is 6.04 Å². The van der Waals surface area contributed by atoms with Gasteiger partial charge in [0.05, 0.1) is 0 Å². The van der Waals surface area contributed by atoms with Crippen LogP contribution in [0.3, 0.4) is 0 Å². The third kappa shape index (κ3) is 4.02. The van der Waals surface area contributed by atoms with Gasteiger partial charge in [0.1, 0.15) is 11.9 Å². The first kappa shape index (κ1) is 15.0. The standard InChI is InChI=1S/C16H27NO/c1-7-17-13(5)14(6)18-15-8-9-16(11(2)3)12(4)10-15/h8-11,13-14,17H,7H2,1-6H3. The lowest BCUT2D eigenvalue weighted by atomic mass is 9.98. The van der Waals surface area contributed by atoms with E-state index >= 15 is 0 Å². The minimum atomic E-state index is 0.175. The highest BCUT2D eigenvalue weighted by Gasteiger charge is 2.13. The molecular formula is C16H27NO. The Morgan fingerprint density at radius 3 is 2.33 bits per heavy atom. The van der Waals surface area contributed by atoms with Gasteiger partial charge in [0.15, 0.2) is 0 Å². The molecule has 0 spiro atoms. The molecular weight excluding hydrogens is 222 g/mol. The summed E-state index contributed by atoms with van der Waals surface area (Å²) in [5.41, 5.74) is 2.71. The van der Waals surface area contributed by atoms with E-state index in [0.29, 0.717) is 12.0 Å². The van der Waals surface area contributed by atoms with Crippen LogP contribution in [0.2, 0.25) is 0 Å². The quantitative estimate of drug-likeness (QED) is 0.826. The first-order valence-corrected chi connectivity index (χ1v) is 6.96. The van der Waals surface area contributed by atoms with Crippen molar-refractivity contribution in [2.45, 2.75) is 59.6 Å². The van der Waals surface area contributed by atoms with E-state index < -0.39 is 0 Å². The van der Waals surface area contributed by atoms with E-state index in [0.717, 1.165) is 12.3 Å². The highest BCUT2D eigenvalue weighted by molar-refractivity contribution is 5.36. The largest absolute Gasteiger partial charge is 0.489 e. The molecule has 1 rings (SSSR count). The SMILES string of the molecule is CCNC(C)C(C)Oc1ccc(C(C)C)c(C)c1. The zero-order chi connectivity index (χ0) is 13.7. The number of ether oxygens (including phenoxy) is 1. The van der Waals surface area contributed by atoms with Gasteiger partial charge in [-0.2, -0.15) is 0 Å².